The topological polar surface area (TPSA) is 75.3 Å². The summed E-state index contributed by atoms with van der Waals surface area (Å²) >= 11 is 5.82. The van der Waals surface area contributed by atoms with Crippen molar-refractivity contribution in [2.24, 2.45) is 0 Å². The third-order valence-corrected chi connectivity index (χ3v) is 5.79. The molecule has 2 rings (SSSR count). The minimum Gasteiger partial charge on any atom is -0.355 e. The summed E-state index contributed by atoms with van der Waals surface area (Å²) in [5, 5.41) is 3.38. The molecule has 0 unspecified atom stereocenters. The summed E-state index contributed by atoms with van der Waals surface area (Å²) in [4.78, 5) is 12.1. The van der Waals surface area contributed by atoms with Crippen molar-refractivity contribution in [2.75, 3.05) is 13.1 Å². The Bertz CT molecular complexity index is 865. The lowest BCUT2D eigenvalue weighted by Gasteiger charge is -2.10. The smallest absolute Gasteiger partial charge is 0.240 e. The van der Waals surface area contributed by atoms with Crippen molar-refractivity contribution in [1.82, 2.24) is 10.0 Å². The normalized spacial score (nSPS) is 11.3. The molecule has 2 aromatic rings. The molecule has 5 nitrogen and oxygen atoms in total. The summed E-state index contributed by atoms with van der Waals surface area (Å²) in [6.07, 6.45) is 0.947. The van der Waals surface area contributed by atoms with E-state index in [1.165, 1.54) is 0 Å². The molecule has 7 heteroatoms. The highest BCUT2D eigenvalue weighted by Crippen LogP contribution is 2.16. The number of nitrogens with one attached hydrogen (secondary N) is 2. The van der Waals surface area contributed by atoms with Gasteiger partial charge in [0.15, 0.2) is 0 Å². The fourth-order valence-electron chi connectivity index (χ4n) is 2.56. The van der Waals surface area contributed by atoms with Gasteiger partial charge in [-0.15, -0.1) is 0 Å². The van der Waals surface area contributed by atoms with Gasteiger partial charge in [0.05, 0.1) is 4.90 Å². The van der Waals surface area contributed by atoms with Crippen LogP contribution < -0.4 is 10.0 Å². The van der Waals surface area contributed by atoms with Crippen LogP contribution in [-0.4, -0.2) is 27.4 Å². The summed E-state index contributed by atoms with van der Waals surface area (Å²) in [6.45, 7) is 4.06. The fraction of sp³-hybridized carbons (Fsp3) is 0.316. The lowest BCUT2D eigenvalue weighted by Crippen LogP contribution is -2.35. The van der Waals surface area contributed by atoms with Gasteiger partial charge in [-0.1, -0.05) is 41.4 Å². The van der Waals surface area contributed by atoms with Crippen LogP contribution in [0.2, 0.25) is 5.02 Å². The predicted molar refractivity (Wildman–Crippen MR) is 104 cm³/mol. The average Bonchev–Trinajstić information content (AvgIpc) is 2.58. The number of halogens is 1. The summed E-state index contributed by atoms with van der Waals surface area (Å²) in [5.41, 5.74) is 2.74. The first-order chi connectivity index (χ1) is 12.3. The molecular formula is C19H23ClN2O3S. The molecule has 0 aliphatic carbocycles. The van der Waals surface area contributed by atoms with E-state index in [0.717, 1.165) is 11.1 Å². The van der Waals surface area contributed by atoms with E-state index in [1.54, 1.807) is 31.2 Å². The zero-order valence-corrected chi connectivity index (χ0v) is 16.5. The number of hydrogen-bond donors (Lipinski definition) is 2. The van der Waals surface area contributed by atoms with Crippen LogP contribution in [0.25, 0.3) is 0 Å². The molecule has 140 valence electrons. The maximum atomic E-state index is 12.3. The second-order valence-corrected chi connectivity index (χ2v) is 8.31. The maximum Gasteiger partial charge on any atom is 0.240 e. The number of sulfonamides is 1. The molecule has 2 N–H and O–H groups in total. The molecule has 0 radical (unpaired) electrons. The van der Waals surface area contributed by atoms with Crippen molar-refractivity contribution in [1.29, 1.82) is 0 Å². The van der Waals surface area contributed by atoms with Crippen LogP contribution in [0.1, 0.15) is 23.1 Å². The Hall–Kier alpha value is -1.89. The van der Waals surface area contributed by atoms with E-state index in [4.69, 9.17) is 11.6 Å². The standard InChI is InChI=1S/C19H23ClN2O3S/c1-14-3-9-18(15(2)13-14)26(24,25)22-12-11-21-19(23)10-6-16-4-7-17(20)8-5-16/h3-5,7-9,13,22H,6,10-12H2,1-2H3,(H,21,23). The van der Waals surface area contributed by atoms with E-state index < -0.39 is 10.0 Å². The minimum absolute atomic E-state index is 0.120. The number of carbonyl (C=O) groups excluding carboxylic acids is 1. The highest BCUT2D eigenvalue weighted by molar-refractivity contribution is 7.89. The molecule has 2 aromatic carbocycles. The molecule has 0 spiro atoms. The van der Waals surface area contributed by atoms with E-state index >= 15 is 0 Å². The van der Waals surface area contributed by atoms with Crippen LogP contribution in [-0.2, 0) is 21.2 Å². The highest BCUT2D eigenvalue weighted by atomic mass is 35.5. The second kappa shape index (κ2) is 9.16. The number of benzene rings is 2. The van der Waals surface area contributed by atoms with Crippen LogP contribution in [0.3, 0.4) is 0 Å². The van der Waals surface area contributed by atoms with Gasteiger partial charge in [-0.05, 0) is 49.6 Å². The van der Waals surface area contributed by atoms with E-state index in [1.807, 2.05) is 25.1 Å². The van der Waals surface area contributed by atoms with Gasteiger partial charge in [-0.2, -0.15) is 0 Å². The average molecular weight is 395 g/mol. The van der Waals surface area contributed by atoms with Gasteiger partial charge in [-0.3, -0.25) is 4.79 Å². The predicted octanol–water partition coefficient (Wildman–Crippen LogP) is 2.98. The molecule has 0 bridgehead atoms. The van der Waals surface area contributed by atoms with Crippen LogP contribution >= 0.6 is 11.6 Å². The van der Waals surface area contributed by atoms with Crippen molar-refractivity contribution in [2.45, 2.75) is 31.6 Å². The lowest BCUT2D eigenvalue weighted by molar-refractivity contribution is -0.121. The first-order valence-corrected chi connectivity index (χ1v) is 10.2. The minimum atomic E-state index is -3.58. The summed E-state index contributed by atoms with van der Waals surface area (Å²) in [5.74, 6) is -0.120. The number of carbonyl (C=O) groups is 1. The van der Waals surface area contributed by atoms with Crippen molar-refractivity contribution < 1.29 is 13.2 Å². The van der Waals surface area contributed by atoms with Crippen LogP contribution in [0.5, 0.6) is 0 Å². The third-order valence-electron chi connectivity index (χ3n) is 3.91. The first-order valence-electron chi connectivity index (χ1n) is 8.36. The second-order valence-electron chi connectivity index (χ2n) is 6.14. The van der Waals surface area contributed by atoms with Gasteiger partial charge in [0.1, 0.15) is 0 Å². The molecule has 0 heterocycles. The van der Waals surface area contributed by atoms with Crippen LogP contribution in [0, 0.1) is 13.8 Å². The van der Waals surface area contributed by atoms with E-state index in [-0.39, 0.29) is 23.9 Å². The Kier molecular flexibility index (Phi) is 7.20. The van der Waals surface area contributed by atoms with Crippen LogP contribution in [0.4, 0.5) is 0 Å². The highest BCUT2D eigenvalue weighted by Gasteiger charge is 2.16. The molecule has 0 fully saturated rings. The number of amides is 1. The first kappa shape index (κ1) is 20.4. The van der Waals surface area contributed by atoms with Gasteiger partial charge in [0.25, 0.3) is 0 Å². The molecule has 0 aliphatic rings. The molecular weight excluding hydrogens is 372 g/mol. The molecule has 0 atom stereocenters. The largest absolute Gasteiger partial charge is 0.355 e. The molecule has 1 amide bonds. The maximum absolute atomic E-state index is 12.3. The van der Waals surface area contributed by atoms with Gasteiger partial charge in [0, 0.05) is 24.5 Å². The molecule has 0 saturated heterocycles. The van der Waals surface area contributed by atoms with Crippen LogP contribution in [0.15, 0.2) is 47.4 Å². The molecule has 26 heavy (non-hydrogen) atoms. The SMILES string of the molecule is Cc1ccc(S(=O)(=O)NCCNC(=O)CCc2ccc(Cl)cc2)c(C)c1. The van der Waals surface area contributed by atoms with E-state index in [2.05, 4.69) is 10.0 Å². The van der Waals surface area contributed by atoms with Crippen molar-refractivity contribution in [3.05, 3.63) is 64.2 Å². The van der Waals surface area contributed by atoms with Crippen molar-refractivity contribution in [3.8, 4) is 0 Å². The summed E-state index contributed by atoms with van der Waals surface area (Å²) in [7, 11) is -3.58. The molecule has 0 aliphatic heterocycles. The van der Waals surface area contributed by atoms with Gasteiger partial charge < -0.3 is 5.32 Å². The van der Waals surface area contributed by atoms with E-state index in [9.17, 15) is 13.2 Å². The third kappa shape index (κ3) is 6.12. The Morgan fingerprint density at radius 2 is 1.73 bits per heavy atom. The van der Waals surface area contributed by atoms with Gasteiger partial charge >= 0.3 is 0 Å². The van der Waals surface area contributed by atoms with Gasteiger partial charge in [-0.25, -0.2) is 13.1 Å². The fourth-order valence-corrected chi connectivity index (χ4v) is 3.95. The number of rotatable bonds is 8. The van der Waals surface area contributed by atoms with Crippen molar-refractivity contribution in [3.63, 3.8) is 0 Å². The number of aryl methyl sites for hydroxylation is 3. The summed E-state index contributed by atoms with van der Waals surface area (Å²) in [6, 6.07) is 12.5. The Balaban J connectivity index is 1.75. The Morgan fingerprint density at radius 1 is 1.04 bits per heavy atom. The molecule has 0 aromatic heterocycles. The zero-order valence-electron chi connectivity index (χ0n) is 14.9. The lowest BCUT2D eigenvalue weighted by atomic mass is 10.1. The van der Waals surface area contributed by atoms with Crippen molar-refractivity contribution >= 4 is 27.5 Å². The van der Waals surface area contributed by atoms with E-state index in [0.29, 0.717) is 23.4 Å². The monoisotopic (exact) mass is 394 g/mol. The zero-order chi connectivity index (χ0) is 19.2. The molecule has 0 saturated carbocycles. The Labute approximate surface area is 159 Å². The Morgan fingerprint density at radius 3 is 2.38 bits per heavy atom. The number of hydrogen-bond acceptors (Lipinski definition) is 3. The quantitative estimate of drug-likeness (QED) is 0.676. The summed E-state index contributed by atoms with van der Waals surface area (Å²) < 4.78 is 27.1. The van der Waals surface area contributed by atoms with Gasteiger partial charge in [0.2, 0.25) is 15.9 Å².